The summed E-state index contributed by atoms with van der Waals surface area (Å²) < 4.78 is 13.4. The van der Waals surface area contributed by atoms with Gasteiger partial charge in [0, 0.05) is 36.8 Å². The van der Waals surface area contributed by atoms with Crippen LogP contribution in [0.25, 0.3) is 0 Å². The first-order valence-electron chi connectivity index (χ1n) is 7.37. The van der Waals surface area contributed by atoms with E-state index in [4.69, 9.17) is 0 Å². The molecule has 114 valence electrons. The lowest BCUT2D eigenvalue weighted by atomic mass is 10.0. The highest BCUT2D eigenvalue weighted by atomic mass is 32.2. The molecular weight excluding hydrogens is 289 g/mol. The summed E-state index contributed by atoms with van der Waals surface area (Å²) in [6.45, 7) is 4.09. The second-order valence-corrected chi connectivity index (χ2v) is 6.60. The number of nitrogens with zero attached hydrogens (tertiary/aromatic N) is 1. The average molecular weight is 309 g/mol. The van der Waals surface area contributed by atoms with Gasteiger partial charge in [-0.15, -0.1) is 11.8 Å². The van der Waals surface area contributed by atoms with Crippen molar-refractivity contribution in [3.05, 3.63) is 29.6 Å². The third kappa shape index (κ3) is 3.75. The maximum atomic E-state index is 13.4. The zero-order valence-electron chi connectivity index (χ0n) is 11.9. The molecule has 1 aromatic rings. The summed E-state index contributed by atoms with van der Waals surface area (Å²) >= 11 is 1.73. The molecular formula is C15H20FN3OS. The van der Waals surface area contributed by atoms with E-state index in [0.29, 0.717) is 6.54 Å². The maximum absolute atomic E-state index is 13.4. The molecule has 0 radical (unpaired) electrons. The van der Waals surface area contributed by atoms with Crippen LogP contribution >= 0.6 is 11.8 Å². The summed E-state index contributed by atoms with van der Waals surface area (Å²) in [5.74, 6) is 0.749. The van der Waals surface area contributed by atoms with Crippen molar-refractivity contribution >= 4 is 17.7 Å². The van der Waals surface area contributed by atoms with Crippen LogP contribution in [0.3, 0.4) is 0 Å². The number of amides is 1. The van der Waals surface area contributed by atoms with Crippen molar-refractivity contribution in [1.82, 2.24) is 15.5 Å². The SMILES string of the molecule is O=C(CN1CCNCC1)NC1CCSc2ccc(F)cc21. The van der Waals surface area contributed by atoms with E-state index in [9.17, 15) is 9.18 Å². The minimum atomic E-state index is -0.238. The highest BCUT2D eigenvalue weighted by Crippen LogP contribution is 2.36. The molecule has 4 nitrogen and oxygen atoms in total. The molecule has 6 heteroatoms. The number of thioether (sulfide) groups is 1. The van der Waals surface area contributed by atoms with Gasteiger partial charge in [-0.25, -0.2) is 4.39 Å². The van der Waals surface area contributed by atoms with Gasteiger partial charge in [-0.2, -0.15) is 0 Å². The molecule has 2 aliphatic rings. The molecule has 0 spiro atoms. The topological polar surface area (TPSA) is 44.4 Å². The number of carbonyl (C=O) groups excluding carboxylic acids is 1. The zero-order chi connectivity index (χ0) is 14.7. The number of carbonyl (C=O) groups is 1. The lowest BCUT2D eigenvalue weighted by Gasteiger charge is -2.29. The average Bonchev–Trinajstić information content (AvgIpc) is 2.49. The Morgan fingerprint density at radius 1 is 1.43 bits per heavy atom. The smallest absolute Gasteiger partial charge is 0.234 e. The highest BCUT2D eigenvalue weighted by Gasteiger charge is 2.23. The number of hydrogen-bond donors (Lipinski definition) is 2. The summed E-state index contributed by atoms with van der Waals surface area (Å²) in [7, 11) is 0. The Balaban J connectivity index is 1.63. The van der Waals surface area contributed by atoms with Gasteiger partial charge in [0.25, 0.3) is 0 Å². The van der Waals surface area contributed by atoms with Crippen LogP contribution in [-0.4, -0.2) is 49.3 Å². The van der Waals surface area contributed by atoms with Crippen LogP contribution in [0.2, 0.25) is 0 Å². The van der Waals surface area contributed by atoms with Gasteiger partial charge in [0.15, 0.2) is 0 Å². The second-order valence-electron chi connectivity index (χ2n) is 5.47. The van der Waals surface area contributed by atoms with Gasteiger partial charge < -0.3 is 10.6 Å². The Hall–Kier alpha value is -1.11. The Bertz CT molecular complexity index is 520. The van der Waals surface area contributed by atoms with Crippen molar-refractivity contribution < 1.29 is 9.18 Å². The standard InChI is InChI=1S/C15H20FN3OS/c16-11-1-2-14-12(9-11)13(3-8-21-14)18-15(20)10-19-6-4-17-5-7-19/h1-2,9,13,17H,3-8,10H2,(H,18,20). The summed E-state index contributed by atoms with van der Waals surface area (Å²) in [4.78, 5) is 15.4. The highest BCUT2D eigenvalue weighted by molar-refractivity contribution is 7.99. The maximum Gasteiger partial charge on any atom is 0.234 e. The molecule has 1 unspecified atom stereocenters. The monoisotopic (exact) mass is 309 g/mol. The van der Waals surface area contributed by atoms with Crippen LogP contribution < -0.4 is 10.6 Å². The molecule has 21 heavy (non-hydrogen) atoms. The van der Waals surface area contributed by atoms with Crippen LogP contribution in [0.4, 0.5) is 4.39 Å². The molecule has 0 aliphatic carbocycles. The first-order chi connectivity index (χ1) is 10.2. The Morgan fingerprint density at radius 2 is 2.24 bits per heavy atom. The molecule has 0 saturated carbocycles. The van der Waals surface area contributed by atoms with Crippen molar-refractivity contribution in [2.75, 3.05) is 38.5 Å². The van der Waals surface area contributed by atoms with Crippen molar-refractivity contribution in [3.8, 4) is 0 Å². The van der Waals surface area contributed by atoms with E-state index in [2.05, 4.69) is 15.5 Å². The van der Waals surface area contributed by atoms with Crippen molar-refractivity contribution in [3.63, 3.8) is 0 Å². The zero-order valence-corrected chi connectivity index (χ0v) is 12.7. The van der Waals surface area contributed by atoms with Gasteiger partial charge in [-0.05, 0) is 30.2 Å². The first kappa shape index (κ1) is 14.8. The first-order valence-corrected chi connectivity index (χ1v) is 8.35. The Kier molecular flexibility index (Phi) is 4.77. The molecule has 2 heterocycles. The summed E-state index contributed by atoms with van der Waals surface area (Å²) in [6, 6.07) is 4.78. The summed E-state index contributed by atoms with van der Waals surface area (Å²) in [6.07, 6.45) is 0.856. The van der Waals surface area contributed by atoms with E-state index in [1.165, 1.54) is 6.07 Å². The number of hydrogen-bond acceptors (Lipinski definition) is 4. The molecule has 1 atom stereocenters. The fourth-order valence-corrected chi connectivity index (χ4v) is 3.93. The fraction of sp³-hybridized carbons (Fsp3) is 0.533. The Morgan fingerprint density at radius 3 is 3.05 bits per heavy atom. The number of rotatable bonds is 3. The van der Waals surface area contributed by atoms with Crippen LogP contribution in [0.5, 0.6) is 0 Å². The van der Waals surface area contributed by atoms with Gasteiger partial charge in [0.1, 0.15) is 5.82 Å². The normalized spacial score (nSPS) is 22.6. The molecule has 0 aromatic heterocycles. The number of fused-ring (bicyclic) bond motifs is 1. The molecule has 2 aliphatic heterocycles. The molecule has 0 bridgehead atoms. The molecule has 1 saturated heterocycles. The van der Waals surface area contributed by atoms with E-state index in [-0.39, 0.29) is 17.8 Å². The minimum Gasteiger partial charge on any atom is -0.348 e. The third-order valence-electron chi connectivity index (χ3n) is 3.92. The van der Waals surface area contributed by atoms with Gasteiger partial charge in [0.05, 0.1) is 12.6 Å². The van der Waals surface area contributed by atoms with E-state index in [0.717, 1.165) is 48.8 Å². The van der Waals surface area contributed by atoms with E-state index in [1.807, 2.05) is 6.07 Å². The lowest BCUT2D eigenvalue weighted by Crippen LogP contribution is -2.48. The molecule has 1 amide bonds. The molecule has 3 rings (SSSR count). The van der Waals surface area contributed by atoms with Crippen molar-refractivity contribution in [2.24, 2.45) is 0 Å². The van der Waals surface area contributed by atoms with E-state index < -0.39 is 0 Å². The predicted octanol–water partition coefficient (Wildman–Crippen LogP) is 1.38. The number of nitrogens with one attached hydrogen (secondary N) is 2. The molecule has 2 N–H and O–H groups in total. The van der Waals surface area contributed by atoms with Gasteiger partial charge in [-0.1, -0.05) is 0 Å². The fourth-order valence-electron chi connectivity index (χ4n) is 2.83. The van der Waals surface area contributed by atoms with Crippen LogP contribution in [0.15, 0.2) is 23.1 Å². The number of halogens is 1. The van der Waals surface area contributed by atoms with Crippen LogP contribution in [0, 0.1) is 5.82 Å². The van der Waals surface area contributed by atoms with Gasteiger partial charge in [0.2, 0.25) is 5.91 Å². The van der Waals surface area contributed by atoms with Gasteiger partial charge >= 0.3 is 0 Å². The van der Waals surface area contributed by atoms with E-state index >= 15 is 0 Å². The Labute approximate surface area is 128 Å². The largest absolute Gasteiger partial charge is 0.348 e. The summed E-state index contributed by atoms with van der Waals surface area (Å²) in [5.41, 5.74) is 0.917. The predicted molar refractivity (Wildman–Crippen MR) is 81.9 cm³/mol. The lowest BCUT2D eigenvalue weighted by molar-refractivity contribution is -0.123. The van der Waals surface area contributed by atoms with Crippen molar-refractivity contribution in [1.29, 1.82) is 0 Å². The molecule has 1 fully saturated rings. The van der Waals surface area contributed by atoms with Crippen LogP contribution in [0.1, 0.15) is 18.0 Å². The van der Waals surface area contributed by atoms with Crippen LogP contribution in [-0.2, 0) is 4.79 Å². The number of benzene rings is 1. The van der Waals surface area contributed by atoms with E-state index in [1.54, 1.807) is 17.8 Å². The minimum absolute atomic E-state index is 0.0315. The number of piperazine rings is 1. The second kappa shape index (κ2) is 6.77. The van der Waals surface area contributed by atoms with Gasteiger partial charge in [-0.3, -0.25) is 9.69 Å². The van der Waals surface area contributed by atoms with Crippen molar-refractivity contribution in [2.45, 2.75) is 17.4 Å². The quantitative estimate of drug-likeness (QED) is 0.885. The molecule has 1 aromatic carbocycles. The third-order valence-corrected chi connectivity index (χ3v) is 5.05. The summed E-state index contributed by atoms with van der Waals surface area (Å²) in [5, 5.41) is 6.34.